The summed E-state index contributed by atoms with van der Waals surface area (Å²) in [5.74, 6) is 0.0870. The number of aldehydes is 1. The molecule has 25 heteroatoms. The molecule has 486 valence electrons. The minimum Gasteiger partial charge on any atom is -0.500 e. The van der Waals surface area contributed by atoms with Crippen LogP contribution in [0.15, 0.2) is 182 Å². The molecule has 0 radical (unpaired) electrons. The van der Waals surface area contributed by atoms with E-state index in [9.17, 15) is 24.3 Å². The highest BCUT2D eigenvalue weighted by atomic mass is 16.5. The number of nitrogens with two attached hydrogens (primary N) is 4. The summed E-state index contributed by atoms with van der Waals surface area (Å²) in [6, 6.07) is 50.9. The topological polar surface area (TPSA) is 373 Å². The Labute approximate surface area is 547 Å². The van der Waals surface area contributed by atoms with E-state index in [-0.39, 0.29) is 36.1 Å². The van der Waals surface area contributed by atoms with Gasteiger partial charge >= 0.3 is 17.9 Å². The number of nitrogens with zero attached hydrogens (tertiary/aromatic N) is 11. The fourth-order valence-electron chi connectivity index (χ4n) is 8.53. The molecule has 7 aromatic heterocycles. The molecule has 12 aromatic rings. The van der Waals surface area contributed by atoms with E-state index in [4.69, 9.17) is 32.9 Å². The number of ether oxygens (including phenoxy) is 4. The molecular weight excluding hydrogens is 1210 g/mol. The lowest BCUT2D eigenvalue weighted by atomic mass is 10.1. The van der Waals surface area contributed by atoms with Crippen molar-refractivity contribution in [2.24, 2.45) is 0 Å². The molecular formula is C70H72N16O9. The maximum atomic E-state index is 11.6. The first-order valence-corrected chi connectivity index (χ1v) is 29.5. The number of methoxy groups -OCH3 is 2. The lowest BCUT2D eigenvalue weighted by Gasteiger charge is -2.04. The van der Waals surface area contributed by atoms with Crippen LogP contribution in [0.1, 0.15) is 67.9 Å². The van der Waals surface area contributed by atoms with Gasteiger partial charge in [-0.3, -0.25) is 14.7 Å². The summed E-state index contributed by atoms with van der Waals surface area (Å²) in [5, 5.41) is 37.6. The van der Waals surface area contributed by atoms with Crippen LogP contribution in [0.4, 0.5) is 23.3 Å². The molecule has 0 aliphatic carbocycles. The number of nitrogens with one attached hydrogen (secondary N) is 1. The Hall–Kier alpha value is -12.6. The zero-order chi connectivity index (χ0) is 68.6. The number of aliphatic hydroxyl groups is 1. The number of anilines is 4. The maximum absolute atomic E-state index is 11.6. The number of aromatic nitrogens is 11. The lowest BCUT2D eigenvalue weighted by molar-refractivity contribution is -0.140. The molecule has 0 bridgehead atoms. The van der Waals surface area contributed by atoms with Gasteiger partial charge < -0.3 is 47.0 Å². The van der Waals surface area contributed by atoms with Crippen molar-refractivity contribution in [1.82, 2.24) is 54.0 Å². The highest BCUT2D eigenvalue weighted by molar-refractivity contribution is 5.94. The minimum absolute atomic E-state index is 0.112. The number of hydrogen-bond acceptors (Lipinski definition) is 21. The van der Waals surface area contributed by atoms with Gasteiger partial charge in [0, 0.05) is 65.1 Å². The van der Waals surface area contributed by atoms with Gasteiger partial charge in [-0.05, 0) is 52.7 Å². The molecule has 25 nitrogen and oxygen atoms in total. The van der Waals surface area contributed by atoms with E-state index in [1.54, 1.807) is 30.6 Å². The van der Waals surface area contributed by atoms with Crippen LogP contribution >= 0.6 is 0 Å². The Balaban J connectivity index is 0.000000164. The largest absolute Gasteiger partial charge is 0.500 e. The number of hydrogen-bond donors (Lipinski definition) is 6. The first-order valence-electron chi connectivity index (χ1n) is 29.5. The molecule has 7 heterocycles. The van der Waals surface area contributed by atoms with Crippen molar-refractivity contribution < 1.29 is 43.2 Å². The molecule has 0 saturated heterocycles. The number of aromatic amines is 1. The van der Waals surface area contributed by atoms with Gasteiger partial charge in [-0.25, -0.2) is 24.5 Å². The molecule has 0 fully saturated rings. The monoisotopic (exact) mass is 1280 g/mol. The van der Waals surface area contributed by atoms with E-state index < -0.39 is 11.9 Å². The van der Waals surface area contributed by atoms with Gasteiger partial charge in [0.25, 0.3) is 0 Å². The fourth-order valence-corrected chi connectivity index (χ4v) is 8.53. The second kappa shape index (κ2) is 34.0. The number of H-pyrrole nitrogens is 1. The molecule has 0 aliphatic heterocycles. The first-order chi connectivity index (χ1) is 45.8. The van der Waals surface area contributed by atoms with Gasteiger partial charge in [0.2, 0.25) is 0 Å². The number of aliphatic hydroxyl groups excluding tert-OH is 1. The molecule has 12 rings (SSSR count). The molecule has 95 heavy (non-hydrogen) atoms. The predicted octanol–water partition coefficient (Wildman–Crippen LogP) is 10.3. The Morgan fingerprint density at radius 3 is 1.47 bits per heavy atom. The molecule has 0 unspecified atom stereocenters. The summed E-state index contributed by atoms with van der Waals surface area (Å²) >= 11 is 0. The standard InChI is InChI=1S/C15H14N4O2.C14H14N4O.C14H12N4O.C10H11N3.C9H10O2.C8H11NO3/c1-9-3-5-10(6-4-9)12-7-13-17-8-11(15(20)21-2)14(16)19(13)18-12;2*1-9-2-4-10(5-3-9)12-6-13-16-7-11(8-19)14(15)18(13)17-12;1-7-2-4-8(5-3-7)9-6-10(11)13-12-9;1-11-9(10)7-8-5-3-2-4-6-8;1-3-11-6-7(5-9)8(10)12-4-2/h3-8H,16H2,1-2H3;2-7,19H,8,15H2,1H3;2-8H,15H2,1H3;2-6H,1H3,(H3,11,12,13);2-6H,7H2,1H3;6H,3-4H2,1-2H3/b;;;;;7-6-. The van der Waals surface area contributed by atoms with Crippen molar-refractivity contribution >= 4 is 64.4 Å². The van der Waals surface area contributed by atoms with Crippen LogP contribution in [0.5, 0.6) is 0 Å². The van der Waals surface area contributed by atoms with Crippen LogP contribution in [0, 0.1) is 39.0 Å². The summed E-state index contributed by atoms with van der Waals surface area (Å²) in [7, 11) is 2.69. The number of carbonyl (C=O) groups excluding carboxylic acids is 4. The number of carbonyl (C=O) groups is 4. The van der Waals surface area contributed by atoms with Crippen LogP contribution < -0.4 is 22.9 Å². The van der Waals surface area contributed by atoms with Crippen molar-refractivity contribution in [3.05, 3.63) is 227 Å². The number of nitriles is 1. The van der Waals surface area contributed by atoms with E-state index >= 15 is 0 Å². The number of benzene rings is 5. The van der Waals surface area contributed by atoms with Gasteiger partial charge in [-0.15, -0.1) is 0 Å². The van der Waals surface area contributed by atoms with Gasteiger partial charge in [-0.2, -0.15) is 39.2 Å². The third-order valence-electron chi connectivity index (χ3n) is 13.8. The SMILES string of the molecule is CCO/C=C(/C#N)C(=O)OCC.COC(=O)Cc1ccccc1.COC(=O)c1cnc2cc(-c3ccc(C)cc3)nn2c1N.Cc1ccc(-c2cc(N)n[nH]2)cc1.Cc1ccc(-c2cc3ncc(C=O)c(N)n3n2)cc1.Cc1ccc(-c2cc3ncc(CO)c(N)n3n2)cc1. The number of fused-ring (bicyclic) bond motifs is 3. The van der Waals surface area contributed by atoms with E-state index in [0.29, 0.717) is 64.8 Å². The molecule has 0 spiro atoms. The Morgan fingerprint density at radius 2 is 1.05 bits per heavy atom. The van der Waals surface area contributed by atoms with Gasteiger partial charge in [0.1, 0.15) is 41.2 Å². The molecule has 5 aromatic carbocycles. The quantitative estimate of drug-likeness (QED) is 0.0156. The molecule has 0 amide bonds. The van der Waals surface area contributed by atoms with Crippen LogP contribution in [0.25, 0.3) is 62.0 Å². The lowest BCUT2D eigenvalue weighted by Crippen LogP contribution is -2.11. The average Bonchev–Trinajstić information content (AvgIpc) is 1.68. The van der Waals surface area contributed by atoms with E-state index in [2.05, 4.69) is 73.7 Å². The average molecular weight is 1280 g/mol. The van der Waals surface area contributed by atoms with Gasteiger partial charge in [-0.1, -0.05) is 150 Å². The number of esters is 3. The van der Waals surface area contributed by atoms with Gasteiger partial charge in [0.05, 0.1) is 68.8 Å². The highest BCUT2D eigenvalue weighted by Crippen LogP contribution is 2.26. The number of nitrogen functional groups attached to an aromatic ring is 4. The minimum atomic E-state index is -0.645. The van der Waals surface area contributed by atoms with E-state index in [1.165, 1.54) is 57.9 Å². The number of rotatable bonds is 13. The highest BCUT2D eigenvalue weighted by Gasteiger charge is 2.17. The summed E-state index contributed by atoms with van der Waals surface area (Å²) in [6.45, 7) is 12.1. The van der Waals surface area contributed by atoms with Crippen molar-refractivity contribution in [3.8, 4) is 51.1 Å². The Bertz CT molecular complexity index is 4610. The van der Waals surface area contributed by atoms with E-state index in [1.807, 2.05) is 160 Å². The van der Waals surface area contributed by atoms with Crippen molar-refractivity contribution in [3.63, 3.8) is 0 Å². The zero-order valence-corrected chi connectivity index (χ0v) is 53.6. The van der Waals surface area contributed by atoms with Crippen molar-refractivity contribution in [2.45, 2.75) is 54.6 Å². The van der Waals surface area contributed by atoms with Crippen LogP contribution in [0.3, 0.4) is 0 Å². The second-order valence-electron chi connectivity index (χ2n) is 20.7. The molecule has 10 N–H and O–H groups in total. The molecule has 0 atom stereocenters. The second-order valence-corrected chi connectivity index (χ2v) is 20.7. The van der Waals surface area contributed by atoms with Gasteiger partial charge in [0.15, 0.2) is 28.8 Å². The van der Waals surface area contributed by atoms with Crippen LogP contribution in [0.2, 0.25) is 0 Å². The maximum Gasteiger partial charge on any atom is 0.352 e. The van der Waals surface area contributed by atoms with E-state index in [0.717, 1.165) is 56.9 Å². The van der Waals surface area contributed by atoms with Crippen LogP contribution in [-0.2, 0) is 41.6 Å². The smallest absolute Gasteiger partial charge is 0.352 e. The Morgan fingerprint density at radius 1 is 0.589 bits per heavy atom. The third kappa shape index (κ3) is 19.0. The molecule has 0 saturated carbocycles. The summed E-state index contributed by atoms with van der Waals surface area (Å²) in [4.78, 5) is 56.7. The molecule has 0 aliphatic rings. The fraction of sp³-hybridized carbons (Fsp3) is 0.171. The van der Waals surface area contributed by atoms with Crippen molar-refractivity contribution in [2.75, 3.05) is 50.4 Å². The zero-order valence-electron chi connectivity index (χ0n) is 53.6. The third-order valence-corrected chi connectivity index (χ3v) is 13.8. The van der Waals surface area contributed by atoms with Crippen LogP contribution in [-0.4, -0.2) is 111 Å². The Kier molecular flexibility index (Phi) is 25.0. The first kappa shape index (κ1) is 69.9. The predicted molar refractivity (Wildman–Crippen MR) is 363 cm³/mol. The number of aryl methyl sites for hydroxylation is 4. The summed E-state index contributed by atoms with van der Waals surface area (Å²) < 4.78 is 23.0. The normalized spacial score (nSPS) is 10.5. The van der Waals surface area contributed by atoms with Crippen molar-refractivity contribution in [1.29, 1.82) is 5.26 Å². The summed E-state index contributed by atoms with van der Waals surface area (Å²) in [6.07, 6.45) is 6.57. The summed E-state index contributed by atoms with van der Waals surface area (Å²) in [5.41, 5.74) is 39.3.